The highest BCUT2D eigenvalue weighted by molar-refractivity contribution is 9.10. The van der Waals surface area contributed by atoms with E-state index < -0.39 is 9.84 Å². The molecule has 0 atom stereocenters. The zero-order valence-corrected chi connectivity index (χ0v) is 11.2. The third-order valence-electron chi connectivity index (χ3n) is 2.47. The van der Waals surface area contributed by atoms with Crippen LogP contribution in [0.5, 0.6) is 5.88 Å². The Morgan fingerprint density at radius 1 is 1.56 bits per heavy atom. The van der Waals surface area contributed by atoms with Gasteiger partial charge in [0.25, 0.3) is 0 Å². The van der Waals surface area contributed by atoms with Gasteiger partial charge in [0, 0.05) is 16.2 Å². The van der Waals surface area contributed by atoms with Crippen LogP contribution in [0.25, 0.3) is 0 Å². The molecule has 1 saturated carbocycles. The van der Waals surface area contributed by atoms with Crippen molar-refractivity contribution in [3.63, 3.8) is 0 Å². The second kappa shape index (κ2) is 4.33. The van der Waals surface area contributed by atoms with E-state index in [1.807, 2.05) is 0 Å². The van der Waals surface area contributed by atoms with E-state index >= 15 is 0 Å². The van der Waals surface area contributed by atoms with Gasteiger partial charge in [0.2, 0.25) is 5.88 Å². The molecule has 0 saturated heterocycles. The molecule has 0 amide bonds. The standard InChI is InChI=1S/C10H12BrNO3S/c1-15-10-7(4-8(11)5-12-10)6-16(13,14)9-2-3-9/h4-5,9H,2-3,6H2,1H3. The molecule has 6 heteroatoms. The predicted molar refractivity (Wildman–Crippen MR) is 64.1 cm³/mol. The summed E-state index contributed by atoms with van der Waals surface area (Å²) in [4.78, 5) is 4.03. The van der Waals surface area contributed by atoms with Gasteiger partial charge in [0.05, 0.1) is 18.1 Å². The summed E-state index contributed by atoms with van der Waals surface area (Å²) in [5, 5.41) is -0.156. The maximum absolute atomic E-state index is 11.8. The van der Waals surface area contributed by atoms with Crippen molar-refractivity contribution in [2.45, 2.75) is 23.8 Å². The highest BCUT2D eigenvalue weighted by Gasteiger charge is 2.36. The molecular formula is C10H12BrNO3S. The van der Waals surface area contributed by atoms with Gasteiger partial charge in [-0.15, -0.1) is 0 Å². The number of hydrogen-bond acceptors (Lipinski definition) is 4. The number of ether oxygens (including phenoxy) is 1. The fourth-order valence-corrected chi connectivity index (χ4v) is 3.63. The van der Waals surface area contributed by atoms with E-state index in [1.165, 1.54) is 7.11 Å². The molecule has 1 aliphatic carbocycles. The van der Waals surface area contributed by atoms with E-state index in [1.54, 1.807) is 12.3 Å². The molecule has 1 aliphatic rings. The summed E-state index contributed by atoms with van der Waals surface area (Å²) in [5.41, 5.74) is 0.615. The molecule has 88 valence electrons. The second-order valence-corrected chi connectivity index (χ2v) is 7.03. The number of rotatable bonds is 4. The Hall–Kier alpha value is -0.620. The molecule has 1 heterocycles. The lowest BCUT2D eigenvalue weighted by molar-refractivity contribution is 0.393. The topological polar surface area (TPSA) is 56.3 Å². The number of nitrogens with zero attached hydrogens (tertiary/aromatic N) is 1. The van der Waals surface area contributed by atoms with E-state index in [0.717, 1.165) is 17.3 Å². The maximum atomic E-state index is 11.8. The fourth-order valence-electron chi connectivity index (χ4n) is 1.52. The van der Waals surface area contributed by atoms with Gasteiger partial charge < -0.3 is 4.74 Å². The minimum Gasteiger partial charge on any atom is -0.481 e. The summed E-state index contributed by atoms with van der Waals surface area (Å²) in [5.74, 6) is 0.389. The van der Waals surface area contributed by atoms with Crippen LogP contribution in [0.4, 0.5) is 0 Å². The molecule has 0 N–H and O–H groups in total. The molecule has 0 spiro atoms. The first-order chi connectivity index (χ1) is 7.53. The third-order valence-corrected chi connectivity index (χ3v) is 5.11. The summed E-state index contributed by atoms with van der Waals surface area (Å²) in [6, 6.07) is 1.74. The molecule has 0 bridgehead atoms. The molecule has 0 radical (unpaired) electrons. The largest absolute Gasteiger partial charge is 0.481 e. The van der Waals surface area contributed by atoms with Crippen molar-refractivity contribution in [1.29, 1.82) is 0 Å². The van der Waals surface area contributed by atoms with Gasteiger partial charge in [-0.05, 0) is 34.8 Å². The van der Waals surface area contributed by atoms with Gasteiger partial charge >= 0.3 is 0 Å². The monoisotopic (exact) mass is 305 g/mol. The molecular weight excluding hydrogens is 294 g/mol. The molecule has 0 aromatic carbocycles. The smallest absolute Gasteiger partial charge is 0.217 e. The van der Waals surface area contributed by atoms with Gasteiger partial charge in [0.15, 0.2) is 9.84 Å². The van der Waals surface area contributed by atoms with Crippen LogP contribution in [-0.4, -0.2) is 25.8 Å². The zero-order chi connectivity index (χ0) is 11.8. The van der Waals surface area contributed by atoms with E-state index in [0.29, 0.717) is 11.4 Å². The third kappa shape index (κ3) is 2.55. The van der Waals surface area contributed by atoms with Crippen LogP contribution in [0.3, 0.4) is 0 Å². The first-order valence-corrected chi connectivity index (χ1v) is 7.44. The van der Waals surface area contributed by atoms with Crippen LogP contribution in [0.15, 0.2) is 16.7 Å². The Kier molecular flexibility index (Phi) is 3.21. The van der Waals surface area contributed by atoms with E-state index in [9.17, 15) is 8.42 Å². The lowest BCUT2D eigenvalue weighted by atomic mass is 10.3. The number of halogens is 1. The first kappa shape index (κ1) is 11.9. The molecule has 4 nitrogen and oxygen atoms in total. The lowest BCUT2D eigenvalue weighted by Gasteiger charge is -2.07. The Morgan fingerprint density at radius 2 is 2.25 bits per heavy atom. The highest BCUT2D eigenvalue weighted by atomic mass is 79.9. The normalized spacial score (nSPS) is 16.1. The summed E-state index contributed by atoms with van der Waals surface area (Å²) in [7, 11) is -1.54. The van der Waals surface area contributed by atoms with Crippen molar-refractivity contribution < 1.29 is 13.2 Å². The number of aromatic nitrogens is 1. The van der Waals surface area contributed by atoms with Crippen molar-refractivity contribution in [1.82, 2.24) is 4.98 Å². The molecule has 0 unspecified atom stereocenters. The minimum absolute atomic E-state index is 0.00722. The number of pyridine rings is 1. The lowest BCUT2D eigenvalue weighted by Crippen LogP contribution is -2.11. The molecule has 1 aromatic heterocycles. The molecule has 1 fully saturated rings. The highest BCUT2D eigenvalue weighted by Crippen LogP contribution is 2.32. The van der Waals surface area contributed by atoms with Crippen LogP contribution in [-0.2, 0) is 15.6 Å². The van der Waals surface area contributed by atoms with Crippen molar-refractivity contribution in [2.24, 2.45) is 0 Å². The second-order valence-electron chi connectivity index (χ2n) is 3.83. The van der Waals surface area contributed by atoms with Crippen LogP contribution in [0.2, 0.25) is 0 Å². The fraction of sp³-hybridized carbons (Fsp3) is 0.500. The molecule has 2 rings (SSSR count). The number of methoxy groups -OCH3 is 1. The van der Waals surface area contributed by atoms with Crippen LogP contribution >= 0.6 is 15.9 Å². The van der Waals surface area contributed by atoms with E-state index in [4.69, 9.17) is 4.74 Å². The van der Waals surface area contributed by atoms with Gasteiger partial charge in [-0.2, -0.15) is 0 Å². The van der Waals surface area contributed by atoms with Crippen LogP contribution in [0.1, 0.15) is 18.4 Å². The van der Waals surface area contributed by atoms with E-state index in [-0.39, 0.29) is 11.0 Å². The average molecular weight is 306 g/mol. The van der Waals surface area contributed by atoms with Gasteiger partial charge in [-0.25, -0.2) is 13.4 Å². The summed E-state index contributed by atoms with van der Waals surface area (Å²) >= 11 is 3.27. The maximum Gasteiger partial charge on any atom is 0.217 e. The summed E-state index contributed by atoms with van der Waals surface area (Å²) in [6.07, 6.45) is 3.16. The Bertz CT molecular complexity index is 497. The van der Waals surface area contributed by atoms with E-state index in [2.05, 4.69) is 20.9 Å². The summed E-state index contributed by atoms with van der Waals surface area (Å²) < 4.78 is 29.5. The van der Waals surface area contributed by atoms with Gasteiger partial charge in [-0.3, -0.25) is 0 Å². The molecule has 1 aromatic rings. The van der Waals surface area contributed by atoms with Crippen LogP contribution < -0.4 is 4.74 Å². The van der Waals surface area contributed by atoms with Crippen molar-refractivity contribution >= 4 is 25.8 Å². The Labute approximate surface area is 103 Å². The quantitative estimate of drug-likeness (QED) is 0.853. The average Bonchev–Trinajstić information content (AvgIpc) is 3.00. The zero-order valence-electron chi connectivity index (χ0n) is 8.81. The Morgan fingerprint density at radius 3 is 2.81 bits per heavy atom. The molecule has 16 heavy (non-hydrogen) atoms. The van der Waals surface area contributed by atoms with Gasteiger partial charge in [-0.1, -0.05) is 0 Å². The van der Waals surface area contributed by atoms with Crippen molar-refractivity contribution in [3.05, 3.63) is 22.3 Å². The van der Waals surface area contributed by atoms with Crippen molar-refractivity contribution in [2.75, 3.05) is 7.11 Å². The van der Waals surface area contributed by atoms with Crippen molar-refractivity contribution in [3.8, 4) is 5.88 Å². The van der Waals surface area contributed by atoms with Gasteiger partial charge in [0.1, 0.15) is 0 Å². The molecule has 0 aliphatic heterocycles. The number of sulfone groups is 1. The SMILES string of the molecule is COc1ncc(Br)cc1CS(=O)(=O)C1CC1. The minimum atomic E-state index is -3.03. The Balaban J connectivity index is 2.29. The summed E-state index contributed by atoms with van der Waals surface area (Å²) in [6.45, 7) is 0. The number of hydrogen-bond donors (Lipinski definition) is 0. The predicted octanol–water partition coefficient (Wildman–Crippen LogP) is 1.93. The van der Waals surface area contributed by atoms with Crippen LogP contribution in [0, 0.1) is 0 Å². The first-order valence-electron chi connectivity index (χ1n) is 4.93.